The van der Waals surface area contributed by atoms with Gasteiger partial charge in [-0.05, 0) is 56.7 Å². The van der Waals surface area contributed by atoms with Gasteiger partial charge in [0.05, 0.1) is 11.7 Å². The van der Waals surface area contributed by atoms with Crippen LogP contribution in [0, 0.1) is 11.8 Å². The highest BCUT2D eigenvalue weighted by Gasteiger charge is 2.09. The quantitative estimate of drug-likeness (QED) is 0.700. The lowest BCUT2D eigenvalue weighted by molar-refractivity contribution is 0.420. The Hall–Kier alpha value is -0.830. The van der Waals surface area contributed by atoms with Crippen molar-refractivity contribution in [2.75, 3.05) is 13.1 Å². The summed E-state index contributed by atoms with van der Waals surface area (Å²) < 4.78 is 2.15. The number of hydrogen-bond acceptors (Lipinski definition) is 2. The Kier molecular flexibility index (Phi) is 7.90. The van der Waals surface area contributed by atoms with Gasteiger partial charge in [0.15, 0.2) is 0 Å². The molecule has 3 nitrogen and oxygen atoms in total. The molecule has 0 bridgehead atoms. The summed E-state index contributed by atoms with van der Waals surface area (Å²) in [5.41, 5.74) is 1.24. The third kappa shape index (κ3) is 6.08. The van der Waals surface area contributed by atoms with Crippen LogP contribution >= 0.6 is 0 Å². The van der Waals surface area contributed by atoms with Gasteiger partial charge in [0.25, 0.3) is 0 Å². The molecule has 1 rings (SSSR count). The molecule has 0 aliphatic heterocycles. The van der Waals surface area contributed by atoms with Crippen LogP contribution in [0.3, 0.4) is 0 Å². The standard InChI is InChI=1S/C17H33N3/c1-6-17(7-2)20-11-10-16(19-20)9-8-15(5)13-18-12-14(3)4/h10-11,14-15,17-18H,6-9,12-13H2,1-5H3. The lowest BCUT2D eigenvalue weighted by Crippen LogP contribution is -2.25. The van der Waals surface area contributed by atoms with Gasteiger partial charge in [-0.2, -0.15) is 5.10 Å². The van der Waals surface area contributed by atoms with Gasteiger partial charge in [-0.15, -0.1) is 0 Å². The monoisotopic (exact) mass is 279 g/mol. The molecule has 0 radical (unpaired) electrons. The van der Waals surface area contributed by atoms with E-state index >= 15 is 0 Å². The number of nitrogens with one attached hydrogen (secondary N) is 1. The van der Waals surface area contributed by atoms with E-state index in [-0.39, 0.29) is 0 Å². The Morgan fingerprint density at radius 3 is 2.45 bits per heavy atom. The molecule has 0 saturated carbocycles. The Labute approximate surface area is 125 Å². The van der Waals surface area contributed by atoms with Crippen LogP contribution in [0.2, 0.25) is 0 Å². The minimum absolute atomic E-state index is 0.564. The molecule has 1 unspecified atom stereocenters. The zero-order chi connectivity index (χ0) is 15.0. The minimum Gasteiger partial charge on any atom is -0.316 e. The fourth-order valence-electron chi connectivity index (χ4n) is 2.49. The van der Waals surface area contributed by atoms with Crippen molar-refractivity contribution >= 4 is 0 Å². The summed E-state index contributed by atoms with van der Waals surface area (Å²) in [6, 6.07) is 2.75. The van der Waals surface area contributed by atoms with Crippen molar-refractivity contribution in [1.29, 1.82) is 0 Å². The average molecular weight is 279 g/mol. The largest absolute Gasteiger partial charge is 0.316 e. The first-order valence-corrected chi connectivity index (χ1v) is 8.31. The topological polar surface area (TPSA) is 29.9 Å². The lowest BCUT2D eigenvalue weighted by Gasteiger charge is -2.14. The van der Waals surface area contributed by atoms with E-state index < -0.39 is 0 Å². The smallest absolute Gasteiger partial charge is 0.0624 e. The first-order chi connectivity index (χ1) is 9.56. The Balaban J connectivity index is 2.31. The van der Waals surface area contributed by atoms with Crippen molar-refractivity contribution in [2.45, 2.75) is 66.3 Å². The summed E-state index contributed by atoms with van der Waals surface area (Å²) in [6.45, 7) is 13.5. The molecule has 1 N–H and O–H groups in total. The molecule has 0 spiro atoms. The van der Waals surface area contributed by atoms with E-state index in [4.69, 9.17) is 5.10 Å². The molecule has 116 valence electrons. The average Bonchev–Trinajstić information content (AvgIpc) is 2.86. The van der Waals surface area contributed by atoms with E-state index in [0.29, 0.717) is 12.0 Å². The molecular weight excluding hydrogens is 246 g/mol. The maximum Gasteiger partial charge on any atom is 0.0624 e. The predicted molar refractivity (Wildman–Crippen MR) is 87.0 cm³/mol. The van der Waals surface area contributed by atoms with Crippen molar-refractivity contribution < 1.29 is 0 Å². The Morgan fingerprint density at radius 1 is 1.15 bits per heavy atom. The first-order valence-electron chi connectivity index (χ1n) is 8.31. The second-order valence-electron chi connectivity index (χ2n) is 6.45. The lowest BCUT2D eigenvalue weighted by atomic mass is 10.0. The second-order valence-corrected chi connectivity index (χ2v) is 6.45. The minimum atomic E-state index is 0.564. The van der Waals surface area contributed by atoms with Crippen LogP contribution in [-0.4, -0.2) is 22.9 Å². The number of aryl methyl sites for hydroxylation is 1. The molecule has 0 aromatic carbocycles. The zero-order valence-electron chi connectivity index (χ0n) is 14.0. The number of nitrogens with zero attached hydrogens (tertiary/aromatic N) is 2. The third-order valence-corrected chi connectivity index (χ3v) is 3.92. The van der Waals surface area contributed by atoms with Crippen molar-refractivity contribution in [3.8, 4) is 0 Å². The van der Waals surface area contributed by atoms with E-state index in [9.17, 15) is 0 Å². The van der Waals surface area contributed by atoms with Gasteiger partial charge in [-0.25, -0.2) is 0 Å². The maximum absolute atomic E-state index is 4.73. The summed E-state index contributed by atoms with van der Waals surface area (Å²) >= 11 is 0. The van der Waals surface area contributed by atoms with Crippen molar-refractivity contribution in [3.63, 3.8) is 0 Å². The Bertz CT molecular complexity index is 353. The summed E-state index contributed by atoms with van der Waals surface area (Å²) in [5.74, 6) is 1.45. The zero-order valence-corrected chi connectivity index (χ0v) is 14.0. The fraction of sp³-hybridized carbons (Fsp3) is 0.824. The van der Waals surface area contributed by atoms with E-state index in [1.54, 1.807) is 0 Å². The van der Waals surface area contributed by atoms with Gasteiger partial charge in [0, 0.05) is 6.20 Å². The van der Waals surface area contributed by atoms with Crippen LogP contribution in [0.1, 0.15) is 65.6 Å². The maximum atomic E-state index is 4.73. The normalized spacial score (nSPS) is 13.3. The highest BCUT2D eigenvalue weighted by molar-refractivity contribution is 5.00. The second kappa shape index (κ2) is 9.17. The van der Waals surface area contributed by atoms with Gasteiger partial charge in [0.1, 0.15) is 0 Å². The van der Waals surface area contributed by atoms with Gasteiger partial charge < -0.3 is 5.32 Å². The van der Waals surface area contributed by atoms with Crippen LogP contribution < -0.4 is 5.32 Å². The summed E-state index contributed by atoms with van der Waals surface area (Å²) in [7, 11) is 0. The first kappa shape index (κ1) is 17.2. The molecule has 3 heteroatoms. The molecule has 0 amide bonds. The number of rotatable bonds is 10. The van der Waals surface area contributed by atoms with Gasteiger partial charge >= 0.3 is 0 Å². The van der Waals surface area contributed by atoms with Gasteiger partial charge in [-0.1, -0.05) is 34.6 Å². The fourth-order valence-corrected chi connectivity index (χ4v) is 2.49. The van der Waals surface area contributed by atoms with E-state index in [1.165, 1.54) is 12.1 Å². The van der Waals surface area contributed by atoms with Gasteiger partial charge in [0.2, 0.25) is 0 Å². The van der Waals surface area contributed by atoms with Gasteiger partial charge in [-0.3, -0.25) is 4.68 Å². The van der Waals surface area contributed by atoms with E-state index in [1.807, 2.05) is 0 Å². The molecule has 0 saturated heterocycles. The SMILES string of the molecule is CCC(CC)n1ccc(CCC(C)CNCC(C)C)n1. The summed E-state index contributed by atoms with van der Waals surface area (Å²) in [6.07, 6.45) is 6.78. The molecule has 0 aliphatic carbocycles. The van der Waals surface area contributed by atoms with Crippen molar-refractivity contribution in [2.24, 2.45) is 11.8 Å². The molecule has 20 heavy (non-hydrogen) atoms. The molecular formula is C17H33N3. The Morgan fingerprint density at radius 2 is 1.85 bits per heavy atom. The summed E-state index contributed by atoms with van der Waals surface area (Å²) in [4.78, 5) is 0. The summed E-state index contributed by atoms with van der Waals surface area (Å²) in [5, 5.41) is 8.27. The molecule has 1 atom stereocenters. The highest BCUT2D eigenvalue weighted by atomic mass is 15.3. The predicted octanol–water partition coefficient (Wildman–Crippen LogP) is 4.06. The van der Waals surface area contributed by atoms with Crippen LogP contribution in [-0.2, 0) is 6.42 Å². The number of hydrogen-bond donors (Lipinski definition) is 1. The highest BCUT2D eigenvalue weighted by Crippen LogP contribution is 2.15. The van der Waals surface area contributed by atoms with Crippen LogP contribution in [0.5, 0.6) is 0 Å². The molecule has 1 aromatic heterocycles. The van der Waals surface area contributed by atoms with E-state index in [2.05, 4.69) is 56.9 Å². The van der Waals surface area contributed by atoms with Crippen LogP contribution in [0.15, 0.2) is 12.3 Å². The van der Waals surface area contributed by atoms with Crippen molar-refractivity contribution in [3.05, 3.63) is 18.0 Å². The molecule has 0 aliphatic rings. The molecule has 1 aromatic rings. The molecule has 0 fully saturated rings. The van der Waals surface area contributed by atoms with E-state index in [0.717, 1.165) is 38.3 Å². The van der Waals surface area contributed by atoms with Crippen LogP contribution in [0.25, 0.3) is 0 Å². The van der Waals surface area contributed by atoms with Crippen LogP contribution in [0.4, 0.5) is 0 Å². The number of aromatic nitrogens is 2. The molecule has 1 heterocycles. The third-order valence-electron chi connectivity index (χ3n) is 3.92. The van der Waals surface area contributed by atoms with Crippen molar-refractivity contribution in [1.82, 2.24) is 15.1 Å².